The van der Waals surface area contributed by atoms with E-state index < -0.39 is 0 Å². The van der Waals surface area contributed by atoms with Gasteiger partial charge in [0.15, 0.2) is 0 Å². The second kappa shape index (κ2) is 8.47. The highest BCUT2D eigenvalue weighted by molar-refractivity contribution is 6.00. The average molecular weight is 705 g/mol. The lowest BCUT2D eigenvalue weighted by Gasteiger charge is -2.64. The number of hydrogen-bond donors (Lipinski definition) is 0. The van der Waals surface area contributed by atoms with E-state index in [4.69, 9.17) is 4.74 Å². The Morgan fingerprint density at radius 2 is 1.50 bits per heavy atom. The van der Waals surface area contributed by atoms with Crippen LogP contribution in [0.3, 0.4) is 0 Å². The van der Waals surface area contributed by atoms with Crippen molar-refractivity contribution in [2.75, 3.05) is 7.11 Å². The number of carbonyl (C=O) groups is 1. The molecule has 2 aromatic rings. The number of hydrogen-bond acceptors (Lipinski definition) is 2. The Hall–Kier alpha value is -3.39. The molecule has 0 N–H and O–H groups in total. The van der Waals surface area contributed by atoms with Crippen LogP contribution < -0.4 is 10.4 Å². The van der Waals surface area contributed by atoms with Crippen LogP contribution in [0.1, 0.15) is 61.6 Å². The first kappa shape index (κ1) is 28.1. The minimum absolute atomic E-state index is 0.0339. The fourth-order valence-electron chi connectivity index (χ4n) is 21.8. The molecule has 2 bridgehead atoms. The van der Waals surface area contributed by atoms with Crippen LogP contribution in [0, 0.1) is 118 Å². The van der Waals surface area contributed by atoms with Crippen molar-refractivity contribution >= 4 is 22.7 Å². The summed E-state index contributed by atoms with van der Waals surface area (Å²) in [5, 5.41) is 3.26. The molecular formula is C52H48O2. The molecule has 0 aromatic heterocycles. The van der Waals surface area contributed by atoms with E-state index >= 15 is 0 Å². The molecule has 8 fully saturated rings. The standard InChI is InChI=1S/C52H48O2/c1-54-31(53)8-5-19-52(20-6-3-2-4-7-20)50-30-18-17-28-27-14-13-24-23-10-9-21-22-11-12-25-26-15-16-29(30)39-38(26)43-35(25)34(22)41-32(21)33(23)42-36(24)37(27)44(40(28)50)48-46(42)45(41)47(43)49(48)51(39)52/h2-4,6-7,9-10,13-14,17-18,21-26,32-36,38-39,41,43,45,47-49,51H,5,8,11-12,15-16,19H2,1H3. The van der Waals surface area contributed by atoms with Gasteiger partial charge in [-0.3, -0.25) is 4.79 Å². The monoisotopic (exact) mass is 704 g/mol. The summed E-state index contributed by atoms with van der Waals surface area (Å²) < 4.78 is 5.36. The van der Waals surface area contributed by atoms with E-state index in [1.54, 1.807) is 39.8 Å². The second-order valence-corrected chi connectivity index (χ2v) is 21.6. The Morgan fingerprint density at radius 1 is 0.704 bits per heavy atom. The van der Waals surface area contributed by atoms with Crippen LogP contribution in [0.25, 0.3) is 16.7 Å². The molecule has 21 unspecified atom stereocenters. The van der Waals surface area contributed by atoms with E-state index in [1.807, 2.05) is 16.7 Å². The number of rotatable bonds is 5. The van der Waals surface area contributed by atoms with Crippen molar-refractivity contribution in [1.29, 1.82) is 0 Å². The zero-order chi connectivity index (χ0) is 34.4. The van der Waals surface area contributed by atoms with E-state index in [2.05, 4.69) is 77.9 Å². The molecule has 17 rings (SSSR count). The molecule has 2 heteroatoms. The fraction of sp³-hybridized carbons (Fsp3) is 0.558. The van der Waals surface area contributed by atoms with Crippen molar-refractivity contribution in [3.63, 3.8) is 0 Å². The van der Waals surface area contributed by atoms with E-state index in [9.17, 15) is 4.79 Å². The van der Waals surface area contributed by atoms with E-state index in [-0.39, 0.29) is 11.4 Å². The Bertz CT molecular complexity index is 2550. The second-order valence-electron chi connectivity index (χ2n) is 21.6. The van der Waals surface area contributed by atoms with Crippen LogP contribution in [0.2, 0.25) is 0 Å². The zero-order valence-corrected chi connectivity index (χ0v) is 31.2. The first-order valence-corrected chi connectivity index (χ1v) is 22.6. The van der Waals surface area contributed by atoms with Crippen molar-refractivity contribution in [3.8, 4) is 0 Å². The molecule has 8 saturated carbocycles. The molecular weight excluding hydrogens is 657 g/mol. The molecule has 0 amide bonds. The Morgan fingerprint density at radius 3 is 2.41 bits per heavy atom. The highest BCUT2D eigenvalue weighted by Gasteiger charge is 2.82. The number of fused-ring (bicyclic) bond motifs is 3. The summed E-state index contributed by atoms with van der Waals surface area (Å²) in [6.45, 7) is 0. The number of allylic oxidation sites excluding steroid dienone is 8. The number of ether oxygens (including phenoxy) is 1. The van der Waals surface area contributed by atoms with Crippen LogP contribution in [-0.2, 0) is 14.9 Å². The van der Waals surface area contributed by atoms with Crippen LogP contribution in [0.15, 0.2) is 83.5 Å². The number of carbonyl (C=O) groups excluding carboxylic acids is 1. The summed E-state index contributed by atoms with van der Waals surface area (Å²) in [5.41, 5.74) is 16.4. The van der Waals surface area contributed by atoms with Gasteiger partial charge in [-0.1, -0.05) is 83.5 Å². The summed E-state index contributed by atoms with van der Waals surface area (Å²) in [4.78, 5) is 13.0. The first-order valence-electron chi connectivity index (χ1n) is 22.6. The SMILES string of the molecule is COC(=O)CCCC1(c2ccccc2)c2c3c4ccc2=C2CCC5C6CCC7C8C=CC9C%10C=CC=4C4=C3C3C%11=C(C4%10)C9C8C4C%11C8C(C5C2C1C38)C6C74. The molecule has 0 saturated heterocycles. The van der Waals surface area contributed by atoms with Gasteiger partial charge in [-0.2, -0.15) is 0 Å². The van der Waals surface area contributed by atoms with Crippen molar-refractivity contribution in [3.05, 3.63) is 111 Å². The molecule has 0 spiro atoms. The maximum absolute atomic E-state index is 13.0. The molecule has 54 heavy (non-hydrogen) atoms. The number of benzene rings is 2. The van der Waals surface area contributed by atoms with Gasteiger partial charge in [-0.05, 0) is 189 Å². The average Bonchev–Trinajstić information content (AvgIpc) is 3.98. The molecule has 15 aliphatic carbocycles. The third kappa shape index (κ3) is 2.44. The lowest BCUT2D eigenvalue weighted by Crippen LogP contribution is -2.62. The van der Waals surface area contributed by atoms with Gasteiger partial charge >= 0.3 is 5.97 Å². The summed E-state index contributed by atoms with van der Waals surface area (Å²) in [7, 11) is 1.59. The molecule has 2 nitrogen and oxygen atoms in total. The van der Waals surface area contributed by atoms with E-state index in [1.165, 1.54) is 25.7 Å². The van der Waals surface area contributed by atoms with Crippen LogP contribution in [-0.4, -0.2) is 13.1 Å². The minimum atomic E-state index is -0.0836. The summed E-state index contributed by atoms with van der Waals surface area (Å²) in [6.07, 6.45) is 19.5. The maximum Gasteiger partial charge on any atom is 0.305 e. The van der Waals surface area contributed by atoms with Crippen LogP contribution in [0.4, 0.5) is 0 Å². The zero-order valence-electron chi connectivity index (χ0n) is 31.2. The highest BCUT2D eigenvalue weighted by atomic mass is 16.5. The molecule has 2 aromatic carbocycles. The Kier molecular flexibility index (Phi) is 4.41. The molecule has 0 aliphatic heterocycles. The molecule has 268 valence electrons. The quantitative estimate of drug-likeness (QED) is 0.234. The molecule has 15 aliphatic rings. The van der Waals surface area contributed by atoms with Crippen molar-refractivity contribution in [2.24, 2.45) is 118 Å². The Balaban J connectivity index is 1.08. The van der Waals surface area contributed by atoms with E-state index in [0.717, 1.165) is 95.7 Å². The maximum atomic E-state index is 13.0. The predicted octanol–water partition coefficient (Wildman–Crippen LogP) is 7.87. The topological polar surface area (TPSA) is 26.3 Å². The van der Waals surface area contributed by atoms with Gasteiger partial charge in [0, 0.05) is 23.7 Å². The van der Waals surface area contributed by atoms with Crippen molar-refractivity contribution in [1.82, 2.24) is 0 Å². The highest BCUT2D eigenvalue weighted by Crippen LogP contribution is 2.88. The largest absolute Gasteiger partial charge is 0.469 e. The third-order valence-corrected chi connectivity index (χ3v) is 21.7. The summed E-state index contributed by atoms with van der Waals surface area (Å²) >= 11 is 0. The lowest BCUT2D eigenvalue weighted by atomic mass is 9.39. The van der Waals surface area contributed by atoms with Crippen LogP contribution in [0.5, 0.6) is 0 Å². The van der Waals surface area contributed by atoms with Crippen molar-refractivity contribution < 1.29 is 9.53 Å². The van der Waals surface area contributed by atoms with E-state index in [0.29, 0.717) is 41.9 Å². The minimum Gasteiger partial charge on any atom is -0.469 e. The first-order chi connectivity index (χ1) is 26.7. The van der Waals surface area contributed by atoms with Gasteiger partial charge < -0.3 is 4.74 Å². The van der Waals surface area contributed by atoms with Gasteiger partial charge in [0.05, 0.1) is 7.11 Å². The summed E-state index contributed by atoms with van der Waals surface area (Å²) in [6, 6.07) is 17.4. The fourth-order valence-corrected chi connectivity index (χ4v) is 21.8. The molecule has 21 atom stereocenters. The van der Waals surface area contributed by atoms with Gasteiger partial charge in [0.25, 0.3) is 0 Å². The molecule has 0 heterocycles. The van der Waals surface area contributed by atoms with Gasteiger partial charge in [-0.25, -0.2) is 0 Å². The normalized spacial score (nSPS) is 54.5. The van der Waals surface area contributed by atoms with Crippen molar-refractivity contribution in [2.45, 2.75) is 50.4 Å². The van der Waals surface area contributed by atoms with Gasteiger partial charge in [0.1, 0.15) is 0 Å². The van der Waals surface area contributed by atoms with Gasteiger partial charge in [-0.15, -0.1) is 0 Å². The van der Waals surface area contributed by atoms with Crippen LogP contribution >= 0.6 is 0 Å². The van der Waals surface area contributed by atoms with Gasteiger partial charge in [0.2, 0.25) is 0 Å². The lowest BCUT2D eigenvalue weighted by molar-refractivity contribution is -0.141. The predicted molar refractivity (Wildman–Crippen MR) is 206 cm³/mol. The smallest absolute Gasteiger partial charge is 0.305 e. The summed E-state index contributed by atoms with van der Waals surface area (Å²) in [5.74, 6) is 16.4. The number of esters is 1. The third-order valence-electron chi connectivity index (χ3n) is 21.7. The number of methoxy groups -OCH3 is 1. The Labute approximate surface area is 317 Å². The molecule has 0 radical (unpaired) electrons.